The monoisotopic (exact) mass is 316 g/mol. The Balaban J connectivity index is 2.61. The first-order valence-electron chi connectivity index (χ1n) is 5.91. The summed E-state index contributed by atoms with van der Waals surface area (Å²) in [4.78, 5) is 22.2. The van der Waals surface area contributed by atoms with Crippen molar-refractivity contribution in [3.63, 3.8) is 0 Å². The summed E-state index contributed by atoms with van der Waals surface area (Å²) in [6.07, 6.45) is 1.73. The molecule has 1 aromatic carbocycles. The number of rotatable bonds is 7. The fourth-order valence-electron chi connectivity index (χ4n) is 1.38. The molecule has 0 saturated carbocycles. The number of urea groups is 1. The summed E-state index contributed by atoms with van der Waals surface area (Å²) < 4.78 is 26.6. The Bertz CT molecular complexity index is 552. The van der Waals surface area contributed by atoms with E-state index in [-0.39, 0.29) is 0 Å². The normalized spacial score (nSPS) is 10.0. The molecule has 0 heterocycles. The molecule has 114 valence electrons. The van der Waals surface area contributed by atoms with Gasteiger partial charge in [0.15, 0.2) is 0 Å². The summed E-state index contributed by atoms with van der Waals surface area (Å²) in [7, 11) is 0. The molecule has 1 aromatic rings. The molecular formula is C13H14F2N2O3S. The van der Waals surface area contributed by atoms with Crippen LogP contribution in [0, 0.1) is 11.6 Å². The predicted octanol–water partition coefficient (Wildman–Crippen LogP) is 2.70. The number of carboxylic acids is 1. The topological polar surface area (TPSA) is 78.4 Å². The summed E-state index contributed by atoms with van der Waals surface area (Å²) in [5.74, 6) is -2.40. The van der Waals surface area contributed by atoms with Crippen molar-refractivity contribution in [2.24, 2.45) is 0 Å². The minimum Gasteiger partial charge on any atom is -0.478 e. The molecule has 1 rings (SSSR count). The van der Waals surface area contributed by atoms with E-state index in [4.69, 9.17) is 5.11 Å². The molecule has 21 heavy (non-hydrogen) atoms. The van der Waals surface area contributed by atoms with Crippen LogP contribution >= 0.6 is 11.8 Å². The van der Waals surface area contributed by atoms with Crippen molar-refractivity contribution in [1.82, 2.24) is 5.32 Å². The lowest BCUT2D eigenvalue weighted by atomic mass is 10.2. The molecule has 0 aliphatic carbocycles. The fourth-order valence-corrected chi connectivity index (χ4v) is 1.96. The van der Waals surface area contributed by atoms with Gasteiger partial charge in [-0.2, -0.15) is 11.8 Å². The highest BCUT2D eigenvalue weighted by molar-refractivity contribution is 7.99. The molecule has 2 amide bonds. The second-order valence-corrected chi connectivity index (χ2v) is 5.01. The van der Waals surface area contributed by atoms with Crippen LogP contribution in [0.4, 0.5) is 19.3 Å². The molecule has 0 bridgehead atoms. The van der Waals surface area contributed by atoms with Crippen LogP contribution in [0.15, 0.2) is 24.8 Å². The third kappa shape index (κ3) is 5.42. The number of thioether (sulfide) groups is 1. The molecular weight excluding hydrogens is 302 g/mol. The van der Waals surface area contributed by atoms with E-state index >= 15 is 0 Å². The van der Waals surface area contributed by atoms with Gasteiger partial charge in [-0.3, -0.25) is 0 Å². The first-order chi connectivity index (χ1) is 9.95. The van der Waals surface area contributed by atoms with Gasteiger partial charge >= 0.3 is 12.0 Å². The first-order valence-corrected chi connectivity index (χ1v) is 7.07. The fraction of sp³-hybridized carbons (Fsp3) is 0.231. The van der Waals surface area contributed by atoms with Crippen LogP contribution in [-0.4, -0.2) is 35.2 Å². The highest BCUT2D eigenvalue weighted by Crippen LogP contribution is 2.19. The Kier molecular flexibility index (Phi) is 6.67. The van der Waals surface area contributed by atoms with E-state index in [9.17, 15) is 18.4 Å². The Hall–Kier alpha value is -2.09. The number of halogens is 2. The summed E-state index contributed by atoms with van der Waals surface area (Å²) in [5, 5.41) is 13.3. The van der Waals surface area contributed by atoms with Gasteiger partial charge in [-0.1, -0.05) is 6.08 Å². The number of nitrogens with one attached hydrogen (secondary N) is 2. The molecule has 0 spiro atoms. The van der Waals surface area contributed by atoms with Gasteiger partial charge < -0.3 is 15.7 Å². The van der Waals surface area contributed by atoms with Crippen molar-refractivity contribution in [1.29, 1.82) is 0 Å². The maximum Gasteiger partial charge on any atom is 0.338 e. The van der Waals surface area contributed by atoms with E-state index in [1.165, 1.54) is 0 Å². The van der Waals surface area contributed by atoms with Crippen LogP contribution in [0.25, 0.3) is 0 Å². The minimum absolute atomic E-state index is 0.346. The largest absolute Gasteiger partial charge is 0.478 e. The van der Waals surface area contributed by atoms with E-state index in [0.29, 0.717) is 18.4 Å². The Morgan fingerprint density at radius 3 is 2.67 bits per heavy atom. The molecule has 0 saturated heterocycles. The van der Waals surface area contributed by atoms with Crippen LogP contribution in [0.5, 0.6) is 0 Å². The molecule has 0 unspecified atom stereocenters. The Morgan fingerprint density at radius 1 is 1.33 bits per heavy atom. The summed E-state index contributed by atoms with van der Waals surface area (Å²) in [5.41, 5.74) is -1.11. The summed E-state index contributed by atoms with van der Waals surface area (Å²) in [6, 6.07) is 0.453. The number of carbonyl (C=O) groups is 2. The zero-order valence-corrected chi connectivity index (χ0v) is 11.8. The molecule has 0 fully saturated rings. The summed E-state index contributed by atoms with van der Waals surface area (Å²) in [6.45, 7) is 3.89. The van der Waals surface area contributed by atoms with Crippen molar-refractivity contribution < 1.29 is 23.5 Å². The van der Waals surface area contributed by atoms with Gasteiger partial charge in [0.25, 0.3) is 0 Å². The highest BCUT2D eigenvalue weighted by atomic mass is 32.2. The van der Waals surface area contributed by atoms with Gasteiger partial charge in [0.2, 0.25) is 0 Å². The van der Waals surface area contributed by atoms with Gasteiger partial charge in [-0.25, -0.2) is 18.4 Å². The Labute approximate surface area is 124 Å². The van der Waals surface area contributed by atoms with E-state index in [0.717, 1.165) is 11.8 Å². The molecule has 5 nitrogen and oxygen atoms in total. The third-order valence-electron chi connectivity index (χ3n) is 2.30. The third-order valence-corrected chi connectivity index (χ3v) is 3.27. The number of amides is 2. The van der Waals surface area contributed by atoms with Gasteiger partial charge in [0, 0.05) is 24.1 Å². The molecule has 0 radical (unpaired) electrons. The SMILES string of the molecule is C=CCSCCNC(=O)Nc1cc(C(=O)O)c(F)cc1F. The average Bonchev–Trinajstić information content (AvgIpc) is 2.41. The van der Waals surface area contributed by atoms with Gasteiger partial charge in [-0.05, 0) is 6.07 Å². The average molecular weight is 316 g/mol. The predicted molar refractivity (Wildman–Crippen MR) is 77.9 cm³/mol. The van der Waals surface area contributed by atoms with E-state index in [1.807, 2.05) is 0 Å². The zero-order valence-electron chi connectivity index (χ0n) is 11.0. The number of aromatic carboxylic acids is 1. The van der Waals surface area contributed by atoms with Gasteiger partial charge in [-0.15, -0.1) is 6.58 Å². The lowest BCUT2D eigenvalue weighted by molar-refractivity contribution is 0.0692. The number of benzene rings is 1. The number of hydrogen-bond acceptors (Lipinski definition) is 3. The highest BCUT2D eigenvalue weighted by Gasteiger charge is 2.16. The van der Waals surface area contributed by atoms with Crippen molar-refractivity contribution in [3.05, 3.63) is 42.0 Å². The second kappa shape index (κ2) is 8.25. The van der Waals surface area contributed by atoms with E-state index < -0.39 is 34.9 Å². The molecule has 0 aromatic heterocycles. The number of carboxylic acid groups (broad SMARTS) is 1. The molecule has 0 aliphatic heterocycles. The molecule has 3 N–H and O–H groups in total. The van der Waals surface area contributed by atoms with Crippen LogP contribution in [0.3, 0.4) is 0 Å². The molecule has 0 aliphatic rings. The molecule has 8 heteroatoms. The van der Waals surface area contributed by atoms with Gasteiger partial charge in [0.1, 0.15) is 11.6 Å². The second-order valence-electron chi connectivity index (χ2n) is 3.86. The lowest BCUT2D eigenvalue weighted by Gasteiger charge is -2.09. The van der Waals surface area contributed by atoms with Crippen LogP contribution in [0.1, 0.15) is 10.4 Å². The quantitative estimate of drug-likeness (QED) is 0.534. The standard InChI is InChI=1S/C13H14F2N2O3S/c1-2-4-21-5-3-16-13(20)17-11-6-8(12(18)19)9(14)7-10(11)15/h2,6-7H,1,3-5H2,(H,18,19)(H2,16,17,20). The summed E-state index contributed by atoms with van der Waals surface area (Å²) >= 11 is 1.55. The van der Waals surface area contributed by atoms with Crippen LogP contribution in [0.2, 0.25) is 0 Å². The Morgan fingerprint density at radius 2 is 2.05 bits per heavy atom. The maximum absolute atomic E-state index is 13.5. The first kappa shape index (κ1) is 17.0. The number of hydrogen-bond donors (Lipinski definition) is 3. The zero-order chi connectivity index (χ0) is 15.8. The lowest BCUT2D eigenvalue weighted by Crippen LogP contribution is -2.31. The van der Waals surface area contributed by atoms with E-state index in [2.05, 4.69) is 17.2 Å². The van der Waals surface area contributed by atoms with Crippen LogP contribution < -0.4 is 10.6 Å². The number of anilines is 1. The van der Waals surface area contributed by atoms with Crippen LogP contribution in [-0.2, 0) is 0 Å². The minimum atomic E-state index is -1.54. The van der Waals surface area contributed by atoms with Crippen molar-refractivity contribution in [2.45, 2.75) is 0 Å². The maximum atomic E-state index is 13.5. The molecule has 0 atom stereocenters. The smallest absolute Gasteiger partial charge is 0.338 e. The van der Waals surface area contributed by atoms with Crippen molar-refractivity contribution in [2.75, 3.05) is 23.4 Å². The van der Waals surface area contributed by atoms with Crippen molar-refractivity contribution in [3.8, 4) is 0 Å². The number of carbonyl (C=O) groups excluding carboxylic acids is 1. The van der Waals surface area contributed by atoms with Gasteiger partial charge in [0.05, 0.1) is 11.3 Å². The van der Waals surface area contributed by atoms with E-state index in [1.54, 1.807) is 17.8 Å². The van der Waals surface area contributed by atoms with Crippen molar-refractivity contribution >= 4 is 29.4 Å².